The van der Waals surface area contributed by atoms with E-state index in [1.54, 1.807) is 32.0 Å². The van der Waals surface area contributed by atoms with Gasteiger partial charge in [0.2, 0.25) is 5.95 Å². The summed E-state index contributed by atoms with van der Waals surface area (Å²) < 4.78 is 2.80. The van der Waals surface area contributed by atoms with Gasteiger partial charge in [-0.25, -0.2) is 9.67 Å². The first-order valence-corrected chi connectivity index (χ1v) is 9.28. The van der Waals surface area contributed by atoms with Crippen LogP contribution in [0.2, 0.25) is 10.0 Å². The van der Waals surface area contributed by atoms with Gasteiger partial charge >= 0.3 is 5.69 Å². The molecule has 3 aromatic rings. The van der Waals surface area contributed by atoms with Gasteiger partial charge in [-0.3, -0.25) is 24.9 Å². The third-order valence-electron chi connectivity index (χ3n) is 4.37. The van der Waals surface area contributed by atoms with E-state index in [1.165, 1.54) is 22.6 Å². The van der Waals surface area contributed by atoms with E-state index in [1.807, 2.05) is 0 Å². The average Bonchev–Trinajstić information content (AvgIpc) is 3.21. The van der Waals surface area contributed by atoms with Crippen molar-refractivity contribution in [1.29, 1.82) is 0 Å². The molecule has 0 bridgehead atoms. The standard InChI is InChI=1S/C17H17Cl2N7O3/c1-9-15(26(28)29)10(2)25(22-9)11(3)16(27)21-17-20-8-24(23-17)7-12-13(18)5-4-6-14(12)19/h4-6,8,11H,7H2,1-3H3,(H,21,23,27). The number of carbonyl (C=O) groups is 1. The highest BCUT2D eigenvalue weighted by atomic mass is 35.5. The number of halogens is 2. The SMILES string of the molecule is Cc1nn(C(C)C(=O)Nc2ncn(Cc3c(Cl)cccc3Cl)n2)c(C)c1[N+](=O)[O-]. The number of aryl methyl sites for hydroxylation is 1. The lowest BCUT2D eigenvalue weighted by atomic mass is 10.2. The minimum absolute atomic E-state index is 0.0843. The number of rotatable bonds is 6. The van der Waals surface area contributed by atoms with Gasteiger partial charge in [-0.1, -0.05) is 29.3 Å². The van der Waals surface area contributed by atoms with Crippen molar-refractivity contribution in [3.8, 4) is 0 Å². The Balaban J connectivity index is 1.74. The summed E-state index contributed by atoms with van der Waals surface area (Å²) in [4.78, 5) is 27.3. The maximum Gasteiger partial charge on any atom is 0.312 e. The Hall–Kier alpha value is -2.98. The van der Waals surface area contributed by atoms with Crippen molar-refractivity contribution in [3.05, 3.63) is 61.6 Å². The molecule has 0 aliphatic heterocycles. The van der Waals surface area contributed by atoms with Crippen molar-refractivity contribution in [3.63, 3.8) is 0 Å². The van der Waals surface area contributed by atoms with Crippen LogP contribution in [0.5, 0.6) is 0 Å². The number of amides is 1. The second-order valence-corrected chi connectivity index (χ2v) is 7.17. The molecule has 0 fully saturated rings. The summed E-state index contributed by atoms with van der Waals surface area (Å²) in [6.45, 7) is 4.93. The third kappa shape index (κ3) is 4.22. The first-order chi connectivity index (χ1) is 13.7. The van der Waals surface area contributed by atoms with Crippen molar-refractivity contribution < 1.29 is 9.72 Å². The summed E-state index contributed by atoms with van der Waals surface area (Å²) in [6, 6.07) is 4.38. The van der Waals surface area contributed by atoms with E-state index in [0.29, 0.717) is 21.3 Å². The largest absolute Gasteiger partial charge is 0.312 e. The smallest absolute Gasteiger partial charge is 0.291 e. The number of aromatic nitrogens is 5. The molecule has 0 saturated carbocycles. The quantitative estimate of drug-likeness (QED) is 0.464. The number of nitrogens with one attached hydrogen (secondary N) is 1. The molecule has 10 nitrogen and oxygen atoms in total. The Labute approximate surface area is 175 Å². The van der Waals surface area contributed by atoms with Crippen LogP contribution in [0.4, 0.5) is 11.6 Å². The molecule has 1 aromatic carbocycles. The summed E-state index contributed by atoms with van der Waals surface area (Å²) >= 11 is 12.3. The Morgan fingerprint density at radius 3 is 2.52 bits per heavy atom. The zero-order chi connectivity index (χ0) is 21.3. The molecule has 152 valence electrons. The predicted octanol–water partition coefficient (Wildman–Crippen LogP) is 3.55. The van der Waals surface area contributed by atoms with Crippen molar-refractivity contribution in [2.45, 2.75) is 33.4 Å². The number of carbonyl (C=O) groups excluding carboxylic acids is 1. The molecule has 1 N–H and O–H groups in total. The second kappa shape index (κ2) is 8.18. The van der Waals surface area contributed by atoms with Crippen LogP contribution in [-0.4, -0.2) is 35.4 Å². The fraction of sp³-hybridized carbons (Fsp3) is 0.294. The lowest BCUT2D eigenvalue weighted by Gasteiger charge is -2.12. The Bertz CT molecular complexity index is 1070. The van der Waals surface area contributed by atoms with Crippen LogP contribution >= 0.6 is 23.2 Å². The first-order valence-electron chi connectivity index (χ1n) is 8.52. The number of hydrogen-bond donors (Lipinski definition) is 1. The van der Waals surface area contributed by atoms with Gasteiger partial charge < -0.3 is 0 Å². The van der Waals surface area contributed by atoms with E-state index in [2.05, 4.69) is 20.5 Å². The van der Waals surface area contributed by atoms with Gasteiger partial charge in [-0.2, -0.15) is 5.10 Å². The summed E-state index contributed by atoms with van der Waals surface area (Å²) in [6.07, 6.45) is 1.44. The van der Waals surface area contributed by atoms with Gasteiger partial charge in [-0.15, -0.1) is 5.10 Å². The van der Waals surface area contributed by atoms with Gasteiger partial charge in [0.15, 0.2) is 0 Å². The van der Waals surface area contributed by atoms with Crippen LogP contribution in [-0.2, 0) is 11.3 Å². The normalized spacial score (nSPS) is 12.0. The first kappa shape index (κ1) is 20.7. The third-order valence-corrected chi connectivity index (χ3v) is 5.08. The van der Waals surface area contributed by atoms with Gasteiger partial charge in [0, 0.05) is 15.6 Å². The van der Waals surface area contributed by atoms with Crippen molar-refractivity contribution in [2.75, 3.05) is 5.32 Å². The van der Waals surface area contributed by atoms with Crippen LogP contribution in [0.1, 0.15) is 29.9 Å². The van der Waals surface area contributed by atoms with Crippen LogP contribution < -0.4 is 5.32 Å². The lowest BCUT2D eigenvalue weighted by molar-refractivity contribution is -0.386. The zero-order valence-electron chi connectivity index (χ0n) is 15.8. The molecular formula is C17H17Cl2N7O3. The highest BCUT2D eigenvalue weighted by Gasteiger charge is 2.27. The summed E-state index contributed by atoms with van der Waals surface area (Å²) in [7, 11) is 0. The fourth-order valence-electron chi connectivity index (χ4n) is 2.89. The van der Waals surface area contributed by atoms with Gasteiger partial charge in [0.05, 0.1) is 11.5 Å². The average molecular weight is 438 g/mol. The molecule has 0 radical (unpaired) electrons. The Morgan fingerprint density at radius 1 is 1.28 bits per heavy atom. The molecule has 2 aromatic heterocycles. The molecule has 12 heteroatoms. The van der Waals surface area contributed by atoms with E-state index < -0.39 is 16.9 Å². The van der Waals surface area contributed by atoms with Crippen molar-refractivity contribution >= 4 is 40.7 Å². The monoisotopic (exact) mass is 437 g/mol. The molecule has 1 unspecified atom stereocenters. The van der Waals surface area contributed by atoms with Gasteiger partial charge in [-0.05, 0) is 32.9 Å². The number of anilines is 1. The van der Waals surface area contributed by atoms with Crippen LogP contribution in [0, 0.1) is 24.0 Å². The highest BCUT2D eigenvalue weighted by molar-refractivity contribution is 6.35. The Kier molecular flexibility index (Phi) is 5.85. The van der Waals surface area contributed by atoms with E-state index in [9.17, 15) is 14.9 Å². The molecule has 0 aliphatic carbocycles. The van der Waals surface area contributed by atoms with E-state index in [-0.39, 0.29) is 23.9 Å². The van der Waals surface area contributed by atoms with E-state index in [4.69, 9.17) is 23.2 Å². The number of nitro groups is 1. The van der Waals surface area contributed by atoms with E-state index in [0.717, 1.165) is 0 Å². The minimum Gasteiger partial charge on any atom is -0.291 e. The number of hydrogen-bond acceptors (Lipinski definition) is 6. The van der Waals surface area contributed by atoms with Crippen LogP contribution in [0.15, 0.2) is 24.5 Å². The molecule has 0 aliphatic rings. The summed E-state index contributed by atoms with van der Waals surface area (Å²) in [5, 5.41) is 23.0. The minimum atomic E-state index is -0.799. The molecule has 1 amide bonds. The predicted molar refractivity (Wildman–Crippen MR) is 107 cm³/mol. The second-order valence-electron chi connectivity index (χ2n) is 6.35. The highest BCUT2D eigenvalue weighted by Crippen LogP contribution is 2.26. The number of nitrogens with zero attached hydrogens (tertiary/aromatic N) is 6. The maximum absolute atomic E-state index is 12.6. The maximum atomic E-state index is 12.6. The zero-order valence-corrected chi connectivity index (χ0v) is 17.3. The topological polar surface area (TPSA) is 121 Å². The molecule has 0 spiro atoms. The van der Waals surface area contributed by atoms with Crippen molar-refractivity contribution in [2.24, 2.45) is 0 Å². The molecule has 3 rings (SSSR count). The van der Waals surface area contributed by atoms with Crippen LogP contribution in [0.3, 0.4) is 0 Å². The van der Waals surface area contributed by atoms with Crippen LogP contribution in [0.25, 0.3) is 0 Å². The molecule has 2 heterocycles. The fourth-order valence-corrected chi connectivity index (χ4v) is 3.41. The molecule has 0 saturated heterocycles. The van der Waals surface area contributed by atoms with Crippen molar-refractivity contribution in [1.82, 2.24) is 24.5 Å². The van der Waals surface area contributed by atoms with E-state index >= 15 is 0 Å². The molecule has 29 heavy (non-hydrogen) atoms. The lowest BCUT2D eigenvalue weighted by Crippen LogP contribution is -2.26. The molecular weight excluding hydrogens is 421 g/mol. The Morgan fingerprint density at radius 2 is 1.93 bits per heavy atom. The van der Waals surface area contributed by atoms with Gasteiger partial charge in [0.25, 0.3) is 5.91 Å². The number of benzene rings is 1. The summed E-state index contributed by atoms with van der Waals surface area (Å²) in [5.41, 5.74) is 1.11. The van der Waals surface area contributed by atoms with Gasteiger partial charge in [0.1, 0.15) is 23.8 Å². The molecule has 1 atom stereocenters. The summed E-state index contributed by atoms with van der Waals surface area (Å²) in [5.74, 6) is -0.375.